The third kappa shape index (κ3) is 3.45. The van der Waals surface area contributed by atoms with Crippen molar-refractivity contribution in [1.82, 2.24) is 5.32 Å². The Kier molecular flexibility index (Phi) is 4.33. The Bertz CT molecular complexity index is 441. The van der Waals surface area contributed by atoms with Crippen LogP contribution in [0.15, 0.2) is 18.2 Å². The first kappa shape index (κ1) is 14.5. The molecule has 0 atom stereocenters. The van der Waals surface area contributed by atoms with Gasteiger partial charge in [-0.2, -0.15) is 0 Å². The molecule has 0 unspecified atom stereocenters. The normalized spacial score (nSPS) is 11.7. The Morgan fingerprint density at radius 3 is 2.56 bits per heavy atom. The molecule has 0 saturated heterocycles. The number of nitrogens with one attached hydrogen (secondary N) is 1. The zero-order valence-electron chi connectivity index (χ0n) is 11.2. The van der Waals surface area contributed by atoms with E-state index in [0.29, 0.717) is 12.5 Å². The van der Waals surface area contributed by atoms with Crippen LogP contribution in [0.4, 0.5) is 4.39 Å². The van der Waals surface area contributed by atoms with Crippen LogP contribution < -0.4 is 5.32 Å². The number of hydrogen-bond acceptors (Lipinski definition) is 2. The van der Waals surface area contributed by atoms with Gasteiger partial charge in [0.25, 0.3) is 5.91 Å². The molecule has 0 heterocycles. The lowest BCUT2D eigenvalue weighted by atomic mass is 9.81. The number of halogens is 1. The number of phenolic OH excluding ortho intramolecular Hbond substituents is 1. The van der Waals surface area contributed by atoms with Crippen molar-refractivity contribution in [3.63, 3.8) is 0 Å². The molecule has 3 nitrogen and oxygen atoms in total. The Labute approximate surface area is 107 Å². The molecule has 0 aliphatic carbocycles. The van der Waals surface area contributed by atoms with E-state index in [1.807, 2.05) is 13.8 Å². The SMILES string of the molecule is CC(C)C(C)(C)CNC(=O)c1ccc(O)cc1F. The van der Waals surface area contributed by atoms with E-state index in [4.69, 9.17) is 5.11 Å². The molecule has 4 heteroatoms. The highest BCUT2D eigenvalue weighted by Gasteiger charge is 2.23. The van der Waals surface area contributed by atoms with Gasteiger partial charge in [-0.25, -0.2) is 4.39 Å². The first-order valence-corrected chi connectivity index (χ1v) is 6.01. The first-order valence-electron chi connectivity index (χ1n) is 6.01. The van der Waals surface area contributed by atoms with E-state index >= 15 is 0 Å². The van der Waals surface area contributed by atoms with E-state index in [2.05, 4.69) is 19.2 Å². The largest absolute Gasteiger partial charge is 0.508 e. The van der Waals surface area contributed by atoms with Gasteiger partial charge in [-0.05, 0) is 23.5 Å². The predicted octanol–water partition coefficient (Wildman–Crippen LogP) is 2.94. The average molecular weight is 253 g/mol. The Balaban J connectivity index is 2.72. The summed E-state index contributed by atoms with van der Waals surface area (Å²) in [6, 6.07) is 3.51. The molecule has 1 rings (SSSR count). The highest BCUT2D eigenvalue weighted by Crippen LogP contribution is 2.25. The molecule has 0 bridgehead atoms. The third-order valence-electron chi connectivity index (χ3n) is 3.46. The van der Waals surface area contributed by atoms with Crippen LogP contribution in [0.3, 0.4) is 0 Å². The second-order valence-electron chi connectivity index (χ2n) is 5.49. The number of amides is 1. The molecule has 1 aromatic rings. The molecule has 0 fully saturated rings. The van der Waals surface area contributed by atoms with Crippen LogP contribution in [-0.2, 0) is 0 Å². The first-order chi connectivity index (χ1) is 8.24. The van der Waals surface area contributed by atoms with Gasteiger partial charge in [0.05, 0.1) is 5.56 Å². The summed E-state index contributed by atoms with van der Waals surface area (Å²) in [5.74, 6) is -0.954. The monoisotopic (exact) mass is 253 g/mol. The summed E-state index contributed by atoms with van der Waals surface area (Å²) in [6.07, 6.45) is 0. The van der Waals surface area contributed by atoms with Gasteiger partial charge < -0.3 is 10.4 Å². The van der Waals surface area contributed by atoms with Crippen molar-refractivity contribution in [2.45, 2.75) is 27.7 Å². The lowest BCUT2D eigenvalue weighted by molar-refractivity contribution is 0.0920. The number of carbonyl (C=O) groups is 1. The summed E-state index contributed by atoms with van der Waals surface area (Å²) in [7, 11) is 0. The number of phenols is 1. The lowest BCUT2D eigenvalue weighted by Gasteiger charge is -2.29. The van der Waals surface area contributed by atoms with Gasteiger partial charge >= 0.3 is 0 Å². The van der Waals surface area contributed by atoms with Crippen LogP contribution in [0.25, 0.3) is 0 Å². The van der Waals surface area contributed by atoms with Crippen LogP contribution in [0, 0.1) is 17.2 Å². The molecule has 1 amide bonds. The lowest BCUT2D eigenvalue weighted by Crippen LogP contribution is -2.37. The summed E-state index contributed by atoms with van der Waals surface area (Å²) >= 11 is 0. The zero-order chi connectivity index (χ0) is 13.9. The van der Waals surface area contributed by atoms with Crippen molar-refractivity contribution < 1.29 is 14.3 Å². The van der Waals surface area contributed by atoms with Crippen molar-refractivity contribution in [3.05, 3.63) is 29.6 Å². The van der Waals surface area contributed by atoms with Gasteiger partial charge in [-0.3, -0.25) is 4.79 Å². The van der Waals surface area contributed by atoms with E-state index in [0.717, 1.165) is 6.07 Å². The van der Waals surface area contributed by atoms with Gasteiger partial charge in [0.15, 0.2) is 0 Å². The molecule has 0 aliphatic heterocycles. The maximum Gasteiger partial charge on any atom is 0.254 e. The van der Waals surface area contributed by atoms with E-state index in [1.165, 1.54) is 12.1 Å². The summed E-state index contributed by atoms with van der Waals surface area (Å²) in [5, 5.41) is 11.8. The summed E-state index contributed by atoms with van der Waals surface area (Å²) in [6.45, 7) is 8.72. The minimum atomic E-state index is -0.713. The fraction of sp³-hybridized carbons (Fsp3) is 0.500. The minimum Gasteiger partial charge on any atom is -0.508 e. The van der Waals surface area contributed by atoms with Crippen molar-refractivity contribution >= 4 is 5.91 Å². The average Bonchev–Trinajstić information content (AvgIpc) is 2.25. The van der Waals surface area contributed by atoms with E-state index in [9.17, 15) is 9.18 Å². The third-order valence-corrected chi connectivity index (χ3v) is 3.46. The standard InChI is InChI=1S/C14H20FNO2/c1-9(2)14(3,4)8-16-13(18)11-6-5-10(17)7-12(11)15/h5-7,9,17H,8H2,1-4H3,(H,16,18). The zero-order valence-corrected chi connectivity index (χ0v) is 11.2. The second kappa shape index (κ2) is 5.38. The van der Waals surface area contributed by atoms with Crippen molar-refractivity contribution in [3.8, 4) is 5.75 Å². The van der Waals surface area contributed by atoms with Gasteiger partial charge in [-0.15, -0.1) is 0 Å². The van der Waals surface area contributed by atoms with Gasteiger partial charge in [-0.1, -0.05) is 27.7 Å². The number of aromatic hydroxyl groups is 1. The maximum absolute atomic E-state index is 13.5. The smallest absolute Gasteiger partial charge is 0.254 e. The van der Waals surface area contributed by atoms with Crippen molar-refractivity contribution in [2.75, 3.05) is 6.54 Å². The molecule has 1 aromatic carbocycles. The molecule has 0 spiro atoms. The predicted molar refractivity (Wildman–Crippen MR) is 69.0 cm³/mol. The van der Waals surface area contributed by atoms with E-state index in [1.54, 1.807) is 0 Å². The number of benzene rings is 1. The summed E-state index contributed by atoms with van der Waals surface area (Å²) < 4.78 is 13.5. The molecule has 0 aliphatic rings. The van der Waals surface area contributed by atoms with Crippen LogP contribution in [0.5, 0.6) is 5.75 Å². The van der Waals surface area contributed by atoms with E-state index in [-0.39, 0.29) is 16.7 Å². The van der Waals surface area contributed by atoms with Crippen molar-refractivity contribution in [2.24, 2.45) is 11.3 Å². The summed E-state index contributed by atoms with van der Waals surface area (Å²) in [4.78, 5) is 11.8. The van der Waals surface area contributed by atoms with Crippen LogP contribution in [0.2, 0.25) is 0 Å². The highest BCUT2D eigenvalue weighted by molar-refractivity contribution is 5.94. The van der Waals surface area contributed by atoms with Gasteiger partial charge in [0, 0.05) is 12.6 Å². The van der Waals surface area contributed by atoms with Gasteiger partial charge in [0.1, 0.15) is 11.6 Å². The van der Waals surface area contributed by atoms with Crippen LogP contribution >= 0.6 is 0 Å². The molecule has 100 valence electrons. The Morgan fingerprint density at radius 1 is 1.44 bits per heavy atom. The Hall–Kier alpha value is -1.58. The number of hydrogen-bond donors (Lipinski definition) is 2. The topological polar surface area (TPSA) is 49.3 Å². The second-order valence-corrected chi connectivity index (χ2v) is 5.49. The summed E-state index contributed by atoms with van der Waals surface area (Å²) in [5.41, 5.74) is -0.101. The molecule has 0 saturated carbocycles. The van der Waals surface area contributed by atoms with Gasteiger partial charge in [0.2, 0.25) is 0 Å². The minimum absolute atomic E-state index is 0.0487. The molecule has 18 heavy (non-hydrogen) atoms. The quantitative estimate of drug-likeness (QED) is 0.866. The molecular weight excluding hydrogens is 233 g/mol. The van der Waals surface area contributed by atoms with Crippen LogP contribution in [-0.4, -0.2) is 17.6 Å². The number of rotatable bonds is 4. The van der Waals surface area contributed by atoms with Crippen molar-refractivity contribution in [1.29, 1.82) is 0 Å². The fourth-order valence-corrected chi connectivity index (χ4v) is 1.30. The molecule has 0 radical (unpaired) electrons. The number of carbonyl (C=O) groups excluding carboxylic acids is 1. The highest BCUT2D eigenvalue weighted by atomic mass is 19.1. The van der Waals surface area contributed by atoms with Crippen LogP contribution in [0.1, 0.15) is 38.1 Å². The van der Waals surface area contributed by atoms with E-state index < -0.39 is 11.7 Å². The fourth-order valence-electron chi connectivity index (χ4n) is 1.30. The molecule has 0 aromatic heterocycles. The maximum atomic E-state index is 13.5. The molecular formula is C14H20FNO2. The molecule has 2 N–H and O–H groups in total. The Morgan fingerprint density at radius 2 is 2.06 bits per heavy atom.